The molecule has 4 rings (SSSR count). The molecule has 1 aromatic rings. The second kappa shape index (κ2) is 9.04. The van der Waals surface area contributed by atoms with Crippen LogP contribution in [0.3, 0.4) is 0 Å². The topological polar surface area (TPSA) is 127 Å². The van der Waals surface area contributed by atoms with Crippen molar-refractivity contribution in [3.63, 3.8) is 0 Å². The molecule has 2 N–H and O–H groups in total. The lowest BCUT2D eigenvalue weighted by Gasteiger charge is -2.38. The third-order valence-corrected chi connectivity index (χ3v) is 8.88. The highest BCUT2D eigenvalue weighted by Gasteiger charge is 2.43. The Morgan fingerprint density at radius 2 is 1.82 bits per heavy atom. The first-order chi connectivity index (χ1) is 15.4. The Labute approximate surface area is 195 Å². The van der Waals surface area contributed by atoms with Crippen molar-refractivity contribution in [2.24, 2.45) is 11.3 Å². The predicted octanol–water partition coefficient (Wildman–Crippen LogP) is 4.43. The maximum absolute atomic E-state index is 12.6. The van der Waals surface area contributed by atoms with Crippen molar-refractivity contribution in [3.05, 3.63) is 17.0 Å². The van der Waals surface area contributed by atoms with E-state index in [1.165, 1.54) is 6.42 Å². The largest absolute Gasteiger partial charge is 0.481 e. The van der Waals surface area contributed by atoms with Gasteiger partial charge in [-0.1, -0.05) is 25.9 Å². The normalized spacial score (nSPS) is 24.2. The van der Waals surface area contributed by atoms with Crippen LogP contribution in [0.4, 0.5) is 0 Å². The number of carbonyl (C=O) groups excluding carboxylic acids is 1. The van der Waals surface area contributed by atoms with E-state index >= 15 is 0 Å². The van der Waals surface area contributed by atoms with E-state index < -0.39 is 33.1 Å². The van der Waals surface area contributed by atoms with Gasteiger partial charge in [-0.25, -0.2) is 8.42 Å². The monoisotopic (exact) mass is 480 g/mol. The Morgan fingerprint density at radius 1 is 1.15 bits per heavy atom. The molecule has 1 heterocycles. The van der Waals surface area contributed by atoms with E-state index in [0.717, 1.165) is 37.0 Å². The van der Waals surface area contributed by atoms with Crippen molar-refractivity contribution in [2.45, 2.75) is 108 Å². The number of carbonyl (C=O) groups is 2. The average molecular weight is 481 g/mol. The molecule has 0 bridgehead atoms. The summed E-state index contributed by atoms with van der Waals surface area (Å²) in [6.45, 7) is 6.76. The molecule has 1 atom stereocenters. The molecule has 1 amide bonds. The second-order valence-corrected chi connectivity index (χ2v) is 13.5. The van der Waals surface area contributed by atoms with Crippen LogP contribution in [0.2, 0.25) is 0 Å². The summed E-state index contributed by atoms with van der Waals surface area (Å²) in [6.07, 6.45) is 6.49. The summed E-state index contributed by atoms with van der Waals surface area (Å²) in [5.74, 6) is 0.200. The van der Waals surface area contributed by atoms with Crippen LogP contribution in [0.5, 0.6) is 0 Å². The number of hydrogen-bond acceptors (Lipinski definition) is 6. The zero-order valence-electron chi connectivity index (χ0n) is 19.8. The lowest BCUT2D eigenvalue weighted by atomic mass is 9.66. The van der Waals surface area contributed by atoms with E-state index in [1.807, 2.05) is 0 Å². The minimum Gasteiger partial charge on any atom is -0.481 e. The van der Waals surface area contributed by atoms with Crippen molar-refractivity contribution in [2.75, 3.05) is 0 Å². The van der Waals surface area contributed by atoms with Crippen LogP contribution < -0.4 is 4.72 Å². The number of hydrogen-bond donors (Lipinski definition) is 2. The van der Waals surface area contributed by atoms with E-state index in [2.05, 4.69) is 30.6 Å². The van der Waals surface area contributed by atoms with E-state index in [-0.39, 0.29) is 24.7 Å². The van der Waals surface area contributed by atoms with Crippen LogP contribution in [0.25, 0.3) is 0 Å². The van der Waals surface area contributed by atoms with Gasteiger partial charge in [0.05, 0.1) is 10.9 Å². The summed E-state index contributed by atoms with van der Waals surface area (Å²) in [4.78, 5) is 23.9. The smallest absolute Gasteiger partial charge is 0.303 e. The van der Waals surface area contributed by atoms with Crippen molar-refractivity contribution in [3.8, 4) is 0 Å². The zero-order chi connectivity index (χ0) is 24.0. The highest BCUT2D eigenvalue weighted by atomic mass is 32.2. The first-order valence-electron chi connectivity index (χ1n) is 12.2. The maximum Gasteiger partial charge on any atom is 0.303 e. The van der Waals surface area contributed by atoms with Gasteiger partial charge in [0.25, 0.3) is 0 Å². The number of sulfonamides is 1. The zero-order valence-corrected chi connectivity index (χ0v) is 20.6. The number of nitrogens with one attached hydrogen (secondary N) is 1. The molecule has 9 heteroatoms. The number of aromatic nitrogens is 1. The van der Waals surface area contributed by atoms with Crippen molar-refractivity contribution in [1.29, 1.82) is 0 Å². The predicted molar refractivity (Wildman–Crippen MR) is 122 cm³/mol. The highest BCUT2D eigenvalue weighted by Crippen LogP contribution is 2.53. The molecule has 33 heavy (non-hydrogen) atoms. The standard InChI is InChI=1S/C24H36N2O6S/c1-24(2,3)13-14-10-17(11-14)23-21(15-4-5-15)22(25-32-23)16(6-9-20(28)29)12-19(27)26-33(30,31)18-7-8-18/h14-18H,4-13H2,1-3H3,(H,26,27)(H,28,29)/t14-,16-,17+/m0/s1. The number of rotatable bonds is 11. The fraction of sp³-hybridized carbons (Fsp3) is 0.792. The molecule has 1 aromatic heterocycles. The Balaban J connectivity index is 1.50. The van der Waals surface area contributed by atoms with Crippen LogP contribution in [-0.2, 0) is 19.6 Å². The van der Waals surface area contributed by atoms with E-state index in [9.17, 15) is 23.1 Å². The minimum absolute atomic E-state index is 0.109. The molecule has 3 aliphatic carbocycles. The summed E-state index contributed by atoms with van der Waals surface area (Å²) in [6, 6.07) is 0. The molecule has 3 saturated carbocycles. The molecule has 3 aliphatic rings. The molecule has 0 saturated heterocycles. The average Bonchev–Trinajstić information content (AvgIpc) is 3.56. The number of nitrogens with zero attached hydrogens (tertiary/aromatic N) is 1. The first kappa shape index (κ1) is 24.2. The second-order valence-electron chi connectivity index (χ2n) is 11.5. The van der Waals surface area contributed by atoms with Gasteiger partial charge in [-0.2, -0.15) is 0 Å². The quantitative estimate of drug-likeness (QED) is 0.480. The molecule has 0 spiro atoms. The maximum atomic E-state index is 12.6. The van der Waals surface area contributed by atoms with Gasteiger partial charge in [0.2, 0.25) is 15.9 Å². The molecule has 0 radical (unpaired) electrons. The van der Waals surface area contributed by atoms with E-state index in [0.29, 0.717) is 36.3 Å². The highest BCUT2D eigenvalue weighted by molar-refractivity contribution is 7.90. The van der Waals surface area contributed by atoms with Gasteiger partial charge in [0.15, 0.2) is 0 Å². The number of carboxylic acids is 1. The van der Waals surface area contributed by atoms with Crippen LogP contribution in [0, 0.1) is 11.3 Å². The summed E-state index contributed by atoms with van der Waals surface area (Å²) >= 11 is 0. The lowest BCUT2D eigenvalue weighted by molar-refractivity contribution is -0.137. The van der Waals surface area contributed by atoms with Crippen molar-refractivity contribution >= 4 is 21.9 Å². The molecule has 0 unspecified atom stereocenters. The lowest BCUT2D eigenvalue weighted by Crippen LogP contribution is -2.34. The van der Waals surface area contributed by atoms with Gasteiger partial charge >= 0.3 is 5.97 Å². The SMILES string of the molecule is CC(C)(C)C[C@H]1C[C@@H](c2onc([C@@H](CCC(=O)O)CC(=O)NS(=O)(=O)C3CC3)c2C2CC2)C1. The molecule has 0 aromatic carbocycles. The van der Waals surface area contributed by atoms with Gasteiger partial charge in [-0.05, 0) is 68.6 Å². The molecular formula is C24H36N2O6S. The van der Waals surface area contributed by atoms with Crippen molar-refractivity contribution in [1.82, 2.24) is 9.88 Å². The minimum atomic E-state index is -3.64. The Hall–Kier alpha value is -1.90. The molecule has 8 nitrogen and oxygen atoms in total. The van der Waals surface area contributed by atoms with Gasteiger partial charge in [0, 0.05) is 30.2 Å². The van der Waals surface area contributed by atoms with Gasteiger partial charge < -0.3 is 9.63 Å². The van der Waals surface area contributed by atoms with Crippen LogP contribution in [-0.4, -0.2) is 35.8 Å². The van der Waals surface area contributed by atoms with Crippen LogP contribution >= 0.6 is 0 Å². The van der Waals surface area contributed by atoms with Crippen LogP contribution in [0.1, 0.15) is 120 Å². The van der Waals surface area contributed by atoms with Crippen LogP contribution in [0.15, 0.2) is 4.52 Å². The summed E-state index contributed by atoms with van der Waals surface area (Å²) in [5.41, 5.74) is 2.01. The summed E-state index contributed by atoms with van der Waals surface area (Å²) in [7, 11) is -3.64. The van der Waals surface area contributed by atoms with E-state index in [1.54, 1.807) is 0 Å². The number of carboxylic acid groups (broad SMARTS) is 1. The van der Waals surface area contributed by atoms with Crippen molar-refractivity contribution < 1.29 is 27.6 Å². The third-order valence-electron chi connectivity index (χ3n) is 7.02. The fourth-order valence-electron chi connectivity index (χ4n) is 5.20. The Morgan fingerprint density at radius 3 is 2.36 bits per heavy atom. The molecular weight excluding hydrogens is 444 g/mol. The number of amides is 1. The summed E-state index contributed by atoms with van der Waals surface area (Å²) in [5, 5.41) is 13.1. The number of aliphatic carboxylic acids is 1. The van der Waals surface area contributed by atoms with Gasteiger partial charge in [0.1, 0.15) is 5.76 Å². The van der Waals surface area contributed by atoms with E-state index in [4.69, 9.17) is 4.52 Å². The molecule has 3 fully saturated rings. The Kier molecular flexibility index (Phi) is 6.64. The molecule has 0 aliphatic heterocycles. The Bertz CT molecular complexity index is 995. The first-order valence-corrected chi connectivity index (χ1v) is 13.7. The summed E-state index contributed by atoms with van der Waals surface area (Å²) < 4.78 is 32.4. The third kappa shape index (κ3) is 6.16. The molecule has 184 valence electrons. The van der Waals surface area contributed by atoms with Gasteiger partial charge in [-0.3, -0.25) is 14.3 Å². The fourth-order valence-corrected chi connectivity index (χ4v) is 6.52. The van der Waals surface area contributed by atoms with Gasteiger partial charge in [-0.15, -0.1) is 0 Å².